The van der Waals surface area contributed by atoms with E-state index in [0.717, 1.165) is 10.1 Å². The van der Waals surface area contributed by atoms with Gasteiger partial charge in [0.15, 0.2) is 0 Å². The van der Waals surface area contributed by atoms with Crippen molar-refractivity contribution in [1.82, 2.24) is 4.73 Å². The highest BCUT2D eigenvalue weighted by atomic mass is 16.5. The van der Waals surface area contributed by atoms with Gasteiger partial charge < -0.3 is 10.4 Å². The largest absolute Gasteiger partial charge is 0.426 e. The lowest BCUT2D eigenvalue weighted by molar-refractivity contribution is 0.170. The fourth-order valence-electron chi connectivity index (χ4n) is 1.26. The van der Waals surface area contributed by atoms with Crippen molar-refractivity contribution in [3.63, 3.8) is 0 Å². The van der Waals surface area contributed by atoms with Crippen molar-refractivity contribution in [2.24, 2.45) is 5.16 Å². The van der Waals surface area contributed by atoms with E-state index in [4.69, 9.17) is 5.21 Å². The molecular weight excluding hydrogens is 168 g/mol. The van der Waals surface area contributed by atoms with Crippen molar-refractivity contribution >= 4 is 10.9 Å². The second-order valence-corrected chi connectivity index (χ2v) is 2.66. The molecule has 1 heterocycles. The molecule has 0 amide bonds. The summed E-state index contributed by atoms with van der Waals surface area (Å²) in [5.74, 6) is 0. The molecule has 0 saturated heterocycles. The quantitative estimate of drug-likeness (QED) is 0.359. The van der Waals surface area contributed by atoms with Gasteiger partial charge >= 0.3 is 0 Å². The number of aromatic nitrogens is 1. The second kappa shape index (κ2) is 2.82. The van der Waals surface area contributed by atoms with E-state index in [0.29, 0.717) is 5.52 Å². The molecule has 1 aromatic heterocycles. The van der Waals surface area contributed by atoms with Crippen LogP contribution < -0.4 is 5.49 Å². The van der Waals surface area contributed by atoms with Gasteiger partial charge in [-0.15, -0.1) is 0 Å². The molecule has 1 aromatic carbocycles. The van der Waals surface area contributed by atoms with Crippen LogP contribution in [0.2, 0.25) is 0 Å². The number of para-hydroxylation sites is 1. The van der Waals surface area contributed by atoms with Gasteiger partial charge in [0.1, 0.15) is 0 Å². The van der Waals surface area contributed by atoms with E-state index in [1.807, 2.05) is 12.1 Å². The molecule has 4 heteroatoms. The molecule has 0 unspecified atom stereocenters. The maximum atomic E-state index is 9.51. The summed E-state index contributed by atoms with van der Waals surface area (Å²) < 4.78 is 0.843. The normalized spacial score (nSPS) is 12.2. The van der Waals surface area contributed by atoms with Gasteiger partial charge in [-0.2, -0.15) is 4.73 Å². The van der Waals surface area contributed by atoms with Crippen molar-refractivity contribution in [3.8, 4) is 0 Å². The zero-order valence-electron chi connectivity index (χ0n) is 6.75. The summed E-state index contributed by atoms with van der Waals surface area (Å²) in [5.41, 5.74) is 0.719. The minimum absolute atomic E-state index is 0.110. The number of hydrogen-bond acceptors (Lipinski definition) is 3. The van der Waals surface area contributed by atoms with Crippen LogP contribution in [-0.2, 0) is 0 Å². The summed E-state index contributed by atoms with van der Waals surface area (Å²) in [6.07, 6.45) is 0. The molecular formula is C9H8N2O2. The summed E-state index contributed by atoms with van der Waals surface area (Å²) in [7, 11) is 0. The first kappa shape index (κ1) is 7.67. The van der Waals surface area contributed by atoms with Gasteiger partial charge in [-0.25, -0.2) is 0 Å². The number of hydrogen-bond donors (Lipinski definition) is 2. The number of nitrogens with zero attached hydrogens (tertiary/aromatic N) is 2. The molecule has 0 bridgehead atoms. The van der Waals surface area contributed by atoms with Crippen molar-refractivity contribution in [2.75, 3.05) is 0 Å². The Bertz CT molecular complexity index is 502. The maximum absolute atomic E-state index is 9.51. The average molecular weight is 176 g/mol. The predicted octanol–water partition coefficient (Wildman–Crippen LogP) is 1.17. The highest BCUT2D eigenvalue weighted by molar-refractivity contribution is 5.78. The molecule has 0 radical (unpaired) electrons. The molecule has 0 fully saturated rings. The molecule has 2 aromatic rings. The highest BCUT2D eigenvalue weighted by Gasteiger charge is 1.97. The first-order chi connectivity index (χ1) is 6.33. The van der Waals surface area contributed by atoms with Crippen molar-refractivity contribution in [2.45, 2.75) is 0 Å². The monoisotopic (exact) mass is 176 g/mol. The van der Waals surface area contributed by atoms with Crippen LogP contribution in [-0.4, -0.2) is 15.1 Å². The van der Waals surface area contributed by atoms with E-state index in [2.05, 4.69) is 5.16 Å². The first-order valence-electron chi connectivity index (χ1n) is 3.81. The fourth-order valence-corrected chi connectivity index (χ4v) is 1.26. The van der Waals surface area contributed by atoms with E-state index in [9.17, 15) is 5.21 Å². The number of rotatable bonds is 0. The van der Waals surface area contributed by atoms with Gasteiger partial charge in [-0.1, -0.05) is 23.4 Å². The number of pyridine rings is 1. The second-order valence-electron chi connectivity index (χ2n) is 2.66. The third kappa shape index (κ3) is 1.12. The third-order valence-electron chi connectivity index (χ3n) is 1.90. The molecule has 0 atom stereocenters. The highest BCUT2D eigenvalue weighted by Crippen LogP contribution is 2.08. The van der Waals surface area contributed by atoms with E-state index >= 15 is 0 Å². The Morgan fingerprint density at radius 3 is 2.62 bits per heavy atom. The lowest BCUT2D eigenvalue weighted by Gasteiger charge is -2.02. The molecule has 2 rings (SSSR count). The summed E-state index contributed by atoms with van der Waals surface area (Å²) in [5, 5.41) is 21.9. The van der Waals surface area contributed by atoms with Gasteiger partial charge in [-0.3, -0.25) is 0 Å². The van der Waals surface area contributed by atoms with Crippen LogP contribution in [0.5, 0.6) is 0 Å². The molecule has 13 heavy (non-hydrogen) atoms. The first-order valence-corrected chi connectivity index (χ1v) is 3.81. The smallest absolute Gasteiger partial charge is 0.207 e. The summed E-state index contributed by atoms with van der Waals surface area (Å²) in [4.78, 5) is 0. The van der Waals surface area contributed by atoms with Crippen LogP contribution in [0.3, 0.4) is 0 Å². The summed E-state index contributed by atoms with van der Waals surface area (Å²) >= 11 is 0. The van der Waals surface area contributed by atoms with Gasteiger partial charge in [0.05, 0.1) is 5.52 Å². The van der Waals surface area contributed by atoms with Gasteiger partial charge in [0.25, 0.3) is 0 Å². The maximum Gasteiger partial charge on any atom is 0.207 e. The molecule has 0 aliphatic carbocycles. The van der Waals surface area contributed by atoms with Crippen LogP contribution in [0.15, 0.2) is 41.6 Å². The molecule has 0 spiro atoms. The SMILES string of the molecule is O/N=c1\ccc2ccccc2n1O. The predicted molar refractivity (Wildman–Crippen MR) is 46.5 cm³/mol. The molecule has 66 valence electrons. The third-order valence-corrected chi connectivity index (χ3v) is 1.90. The summed E-state index contributed by atoms with van der Waals surface area (Å²) in [6.45, 7) is 0. The number of benzene rings is 1. The van der Waals surface area contributed by atoms with Crippen LogP contribution in [0.4, 0.5) is 0 Å². The topological polar surface area (TPSA) is 57.8 Å². The Morgan fingerprint density at radius 1 is 1.08 bits per heavy atom. The van der Waals surface area contributed by atoms with Gasteiger partial charge in [-0.05, 0) is 18.2 Å². The molecule has 0 saturated carbocycles. The zero-order chi connectivity index (χ0) is 9.26. The minimum Gasteiger partial charge on any atom is -0.426 e. The van der Waals surface area contributed by atoms with E-state index in [-0.39, 0.29) is 5.49 Å². The van der Waals surface area contributed by atoms with E-state index in [1.54, 1.807) is 18.2 Å². The lowest BCUT2D eigenvalue weighted by atomic mass is 10.2. The van der Waals surface area contributed by atoms with Crippen LogP contribution in [0.25, 0.3) is 10.9 Å². The average Bonchev–Trinajstić information content (AvgIpc) is 2.19. The zero-order valence-corrected chi connectivity index (χ0v) is 6.75. The lowest BCUT2D eigenvalue weighted by Crippen LogP contribution is -2.18. The van der Waals surface area contributed by atoms with E-state index < -0.39 is 0 Å². The van der Waals surface area contributed by atoms with Gasteiger partial charge in [0, 0.05) is 5.39 Å². The molecule has 4 nitrogen and oxygen atoms in total. The fraction of sp³-hybridized carbons (Fsp3) is 0. The van der Waals surface area contributed by atoms with Crippen LogP contribution in [0.1, 0.15) is 0 Å². The Labute approximate surface area is 73.9 Å². The Balaban J connectivity index is 2.95. The van der Waals surface area contributed by atoms with Crippen molar-refractivity contribution < 1.29 is 10.4 Å². The molecule has 2 N–H and O–H groups in total. The van der Waals surface area contributed by atoms with E-state index in [1.165, 1.54) is 6.07 Å². The molecule has 0 aliphatic rings. The Morgan fingerprint density at radius 2 is 1.85 bits per heavy atom. The van der Waals surface area contributed by atoms with Crippen LogP contribution >= 0.6 is 0 Å². The Hall–Kier alpha value is -1.97. The van der Waals surface area contributed by atoms with Crippen LogP contribution in [0, 0.1) is 0 Å². The van der Waals surface area contributed by atoms with Gasteiger partial charge in [0.2, 0.25) is 5.49 Å². The molecule has 0 aliphatic heterocycles. The summed E-state index contributed by atoms with van der Waals surface area (Å²) in [6, 6.07) is 10.6. The minimum atomic E-state index is 0.110. The van der Waals surface area contributed by atoms with Crippen molar-refractivity contribution in [1.29, 1.82) is 0 Å². The number of fused-ring (bicyclic) bond motifs is 1. The van der Waals surface area contributed by atoms with Crippen molar-refractivity contribution in [3.05, 3.63) is 41.9 Å². The Kier molecular flexibility index (Phi) is 1.66. The standard InChI is InChI=1S/C9H8N2O2/c12-10-9-6-5-7-3-1-2-4-8(7)11(9)13/h1-6,12-13H/b10-9+.